The van der Waals surface area contributed by atoms with Crippen molar-refractivity contribution in [2.75, 3.05) is 6.61 Å². The van der Waals surface area contributed by atoms with Gasteiger partial charge in [-0.2, -0.15) is 8.60 Å². The first-order valence-corrected chi connectivity index (χ1v) is 2.75. The molecule has 0 aliphatic carbocycles. The van der Waals surface area contributed by atoms with E-state index in [9.17, 15) is 9.79 Å². The number of quaternary nitrogens is 1. The molecule has 4 N–H and O–H groups in total. The van der Waals surface area contributed by atoms with Crippen molar-refractivity contribution in [1.82, 2.24) is 6.15 Å². The largest absolute Gasteiger partial charge is 0.820 e. The quantitative estimate of drug-likeness (QED) is 0.421. The molecule has 0 aromatic rings. The van der Waals surface area contributed by atoms with E-state index in [-0.39, 0.29) is 12.8 Å². The van der Waals surface area contributed by atoms with Gasteiger partial charge in [0, 0.05) is 0 Å². The van der Waals surface area contributed by atoms with Crippen molar-refractivity contribution in [3.8, 4) is 0 Å². The van der Waals surface area contributed by atoms with Gasteiger partial charge in [0.2, 0.25) is 0 Å². The minimum absolute atomic E-state index is 0. The predicted octanol–water partition coefficient (Wildman–Crippen LogP) is -0.487. The summed E-state index contributed by atoms with van der Waals surface area (Å²) in [5.41, 5.74) is 0. The molecule has 50 valence electrons. The van der Waals surface area contributed by atoms with Gasteiger partial charge in [0.1, 0.15) is 0 Å². The minimum atomic E-state index is -2.68. The van der Waals surface area contributed by atoms with Crippen molar-refractivity contribution in [3.63, 3.8) is 0 Å². The van der Waals surface area contributed by atoms with Crippen LogP contribution in [-0.2, 0) is 4.52 Å². The van der Waals surface area contributed by atoms with E-state index in [2.05, 4.69) is 11.1 Å². The summed E-state index contributed by atoms with van der Waals surface area (Å²) in [6, 6.07) is 0. The first kappa shape index (κ1) is 10.9. The maximum Gasteiger partial charge on any atom is 0.0655 e. The van der Waals surface area contributed by atoms with Crippen LogP contribution >= 0.6 is 8.60 Å². The Hall–Kier alpha value is 0.0100. The molecule has 0 unspecified atom stereocenters. The second-order valence-electron chi connectivity index (χ2n) is 0.808. The molecule has 0 aromatic carbocycles. The van der Waals surface area contributed by atoms with Gasteiger partial charge in [-0.3, -0.25) is 0 Å². The smallest absolute Gasteiger partial charge is 0.0655 e. The van der Waals surface area contributed by atoms with E-state index >= 15 is 0 Å². The Labute approximate surface area is 49.4 Å². The van der Waals surface area contributed by atoms with Gasteiger partial charge in [-0.25, -0.2) is 0 Å². The van der Waals surface area contributed by atoms with Gasteiger partial charge in [0.05, 0.1) is 6.61 Å². The fraction of sp³-hybridized carbons (Fsp3) is 0.333. The van der Waals surface area contributed by atoms with Crippen LogP contribution in [0.3, 0.4) is 0 Å². The monoisotopic (exact) mass is 138 g/mol. The molecule has 0 saturated carbocycles. The molecule has 8 heavy (non-hydrogen) atoms. The maximum absolute atomic E-state index is 9.53. The van der Waals surface area contributed by atoms with Crippen LogP contribution < -0.4 is 15.9 Å². The van der Waals surface area contributed by atoms with Gasteiger partial charge in [0.25, 0.3) is 0 Å². The molecule has 0 aliphatic rings. The van der Waals surface area contributed by atoms with Gasteiger partial charge >= 0.3 is 0 Å². The van der Waals surface area contributed by atoms with Crippen LogP contribution in [0, 0.1) is 0 Å². The van der Waals surface area contributed by atoms with Crippen LogP contribution in [0.1, 0.15) is 0 Å². The van der Waals surface area contributed by atoms with Crippen LogP contribution in [0.4, 0.5) is 0 Å². The van der Waals surface area contributed by atoms with Gasteiger partial charge in [-0.15, -0.1) is 6.58 Å². The van der Waals surface area contributed by atoms with E-state index in [0.717, 1.165) is 0 Å². The average Bonchev–Trinajstić information content (AvgIpc) is 1.61. The van der Waals surface area contributed by atoms with Crippen molar-refractivity contribution >= 4 is 8.60 Å². The Morgan fingerprint density at radius 3 is 2.25 bits per heavy atom. The lowest BCUT2D eigenvalue weighted by Gasteiger charge is -2.28. The van der Waals surface area contributed by atoms with E-state index in [1.807, 2.05) is 0 Å². The van der Waals surface area contributed by atoms with Gasteiger partial charge < -0.3 is 20.5 Å². The Morgan fingerprint density at radius 2 is 2.12 bits per heavy atom. The summed E-state index contributed by atoms with van der Waals surface area (Å²) in [5, 5.41) is 0. The molecular formula is C3H9NO3P-. The van der Waals surface area contributed by atoms with Crippen molar-refractivity contribution in [1.29, 1.82) is 0 Å². The average molecular weight is 138 g/mol. The molecule has 0 radical (unpaired) electrons. The molecule has 0 rings (SSSR count). The van der Waals surface area contributed by atoms with Crippen LogP contribution in [0.5, 0.6) is 0 Å². The zero-order chi connectivity index (χ0) is 5.70. The third-order valence-electron chi connectivity index (χ3n) is 0.298. The van der Waals surface area contributed by atoms with Crippen molar-refractivity contribution in [2.24, 2.45) is 0 Å². The van der Waals surface area contributed by atoms with E-state index in [4.69, 9.17) is 0 Å². The number of hydrogen-bond acceptors (Lipinski definition) is 3. The summed E-state index contributed by atoms with van der Waals surface area (Å²) in [5.74, 6) is 0. The van der Waals surface area contributed by atoms with E-state index in [1.54, 1.807) is 0 Å². The Morgan fingerprint density at radius 1 is 1.62 bits per heavy atom. The van der Waals surface area contributed by atoms with E-state index < -0.39 is 8.60 Å². The molecule has 0 spiro atoms. The van der Waals surface area contributed by atoms with Gasteiger partial charge in [-0.1, -0.05) is 6.08 Å². The molecule has 0 saturated heterocycles. The highest BCUT2D eigenvalue weighted by Crippen LogP contribution is 2.10. The second-order valence-corrected chi connectivity index (χ2v) is 1.51. The second kappa shape index (κ2) is 7.01. The Kier molecular flexibility index (Phi) is 9.55. The molecule has 0 bridgehead atoms. The molecule has 0 heterocycles. The summed E-state index contributed by atoms with van der Waals surface area (Å²) in [6.45, 7) is 3.31. The summed E-state index contributed by atoms with van der Waals surface area (Å²) in [7, 11) is -2.68. The van der Waals surface area contributed by atoms with Crippen LogP contribution in [-0.4, -0.2) is 6.61 Å². The molecule has 0 amide bonds. The Bertz CT molecular complexity index is 58.5. The van der Waals surface area contributed by atoms with Crippen molar-refractivity contribution in [3.05, 3.63) is 12.7 Å². The molecule has 4 nitrogen and oxygen atoms in total. The van der Waals surface area contributed by atoms with Crippen LogP contribution in [0.2, 0.25) is 0 Å². The number of rotatable bonds is 3. The fourth-order valence-electron chi connectivity index (χ4n) is 0.114. The zero-order valence-corrected chi connectivity index (χ0v) is 5.56. The third kappa shape index (κ3) is 9.38. The lowest BCUT2D eigenvalue weighted by Crippen LogP contribution is -2.10. The minimum Gasteiger partial charge on any atom is -0.820 e. The highest BCUT2D eigenvalue weighted by Gasteiger charge is 1.67. The summed E-state index contributed by atoms with van der Waals surface area (Å²) in [4.78, 5) is 19.1. The topological polar surface area (TPSA) is 91.8 Å². The lowest BCUT2D eigenvalue weighted by atomic mass is 10.7. The van der Waals surface area contributed by atoms with Crippen LogP contribution in [0.25, 0.3) is 0 Å². The standard InChI is InChI=1S/C3H5O3P.H3N/c1-2-3-6-7(4)5;/h2H,1,3H2;1H3/q-2;/p+1. The molecular weight excluding hydrogens is 129 g/mol. The number of hydrogen-bond donors (Lipinski definition) is 1. The van der Waals surface area contributed by atoms with E-state index in [1.165, 1.54) is 6.08 Å². The molecule has 0 fully saturated rings. The van der Waals surface area contributed by atoms with Crippen molar-refractivity contribution in [2.45, 2.75) is 0 Å². The first-order valence-electron chi connectivity index (χ1n) is 1.65. The normalized spacial score (nSPS) is 8.38. The highest BCUT2D eigenvalue weighted by atomic mass is 31.2. The molecule has 0 aliphatic heterocycles. The molecule has 0 aromatic heterocycles. The molecule has 5 heteroatoms. The lowest BCUT2D eigenvalue weighted by molar-refractivity contribution is -0.317. The third-order valence-corrected chi connectivity index (χ3v) is 0.658. The van der Waals surface area contributed by atoms with Gasteiger partial charge in [0.15, 0.2) is 0 Å². The first-order chi connectivity index (χ1) is 3.27. The highest BCUT2D eigenvalue weighted by molar-refractivity contribution is 7.36. The summed E-state index contributed by atoms with van der Waals surface area (Å²) >= 11 is 0. The van der Waals surface area contributed by atoms with Crippen molar-refractivity contribution < 1.29 is 14.3 Å². The zero-order valence-electron chi connectivity index (χ0n) is 4.66. The summed E-state index contributed by atoms with van der Waals surface area (Å²) in [6.07, 6.45) is 1.37. The van der Waals surface area contributed by atoms with Crippen LogP contribution in [0.15, 0.2) is 12.7 Å². The predicted molar refractivity (Wildman–Crippen MR) is 29.1 cm³/mol. The fourth-order valence-corrected chi connectivity index (χ4v) is 0.341. The van der Waals surface area contributed by atoms with E-state index in [0.29, 0.717) is 0 Å². The summed E-state index contributed by atoms with van der Waals surface area (Å²) < 4.78 is 4.03. The SMILES string of the molecule is C=CCOP([O-])[O-].[NH4+]. The maximum atomic E-state index is 9.53. The van der Waals surface area contributed by atoms with Gasteiger partial charge in [-0.05, 0) is 0 Å². The molecule has 0 atom stereocenters. The Balaban J connectivity index is 0.